The van der Waals surface area contributed by atoms with Gasteiger partial charge in [-0.25, -0.2) is 0 Å². The van der Waals surface area contributed by atoms with Gasteiger partial charge in [0, 0.05) is 6.04 Å². The zero-order valence-corrected chi connectivity index (χ0v) is 10.9. The monoisotopic (exact) mass is 233 g/mol. The fourth-order valence-electron chi connectivity index (χ4n) is 2.33. The van der Waals surface area contributed by atoms with Crippen molar-refractivity contribution in [2.24, 2.45) is 0 Å². The van der Waals surface area contributed by atoms with Gasteiger partial charge in [-0.3, -0.25) is 0 Å². The van der Waals surface area contributed by atoms with Gasteiger partial charge in [-0.2, -0.15) is 0 Å². The van der Waals surface area contributed by atoms with Crippen LogP contribution in [0.1, 0.15) is 44.6 Å². The highest BCUT2D eigenvalue weighted by Gasteiger charge is 2.16. The number of rotatable bonds is 5. The predicted octanol–water partition coefficient (Wildman–Crippen LogP) is 3.33. The molecule has 0 aromatic heterocycles. The van der Waals surface area contributed by atoms with Gasteiger partial charge in [0.05, 0.1) is 0 Å². The average Bonchev–Trinajstić information content (AvgIpc) is 2.89. The molecule has 1 aromatic rings. The molecule has 1 aliphatic heterocycles. The molecular weight excluding hydrogens is 210 g/mol. The Morgan fingerprint density at radius 2 is 2.24 bits per heavy atom. The smallest absolute Gasteiger partial charge is 0.122 e. The van der Waals surface area contributed by atoms with Crippen LogP contribution in [-0.4, -0.2) is 19.2 Å². The molecule has 1 N–H and O–H groups in total. The lowest BCUT2D eigenvalue weighted by atomic mass is 9.98. The molecule has 2 heteroatoms. The van der Waals surface area contributed by atoms with Gasteiger partial charge in [0.1, 0.15) is 12.4 Å². The molecule has 0 aliphatic carbocycles. The van der Waals surface area contributed by atoms with Crippen molar-refractivity contribution in [2.45, 2.75) is 45.1 Å². The first-order chi connectivity index (χ1) is 8.31. The van der Waals surface area contributed by atoms with Crippen molar-refractivity contribution in [2.75, 3.05) is 13.2 Å². The third-order valence-corrected chi connectivity index (χ3v) is 3.66. The van der Waals surface area contributed by atoms with E-state index in [1.807, 2.05) is 0 Å². The van der Waals surface area contributed by atoms with Crippen LogP contribution in [0.15, 0.2) is 24.3 Å². The molecule has 0 saturated carbocycles. The maximum atomic E-state index is 5.98. The minimum atomic E-state index is 0.542. The third-order valence-electron chi connectivity index (χ3n) is 3.66. The number of ether oxygens (including phenoxy) is 1. The second kappa shape index (κ2) is 6.06. The summed E-state index contributed by atoms with van der Waals surface area (Å²) in [6, 6.07) is 8.98. The van der Waals surface area contributed by atoms with Gasteiger partial charge in [-0.05, 0) is 43.4 Å². The highest BCUT2D eigenvalue weighted by molar-refractivity contribution is 5.35. The van der Waals surface area contributed by atoms with Crippen molar-refractivity contribution in [3.05, 3.63) is 29.8 Å². The molecule has 0 amide bonds. The van der Waals surface area contributed by atoms with Gasteiger partial charge in [0.15, 0.2) is 0 Å². The third kappa shape index (κ3) is 3.22. The molecular formula is C15H23NO. The molecule has 94 valence electrons. The van der Waals surface area contributed by atoms with Crippen molar-refractivity contribution >= 4 is 0 Å². The van der Waals surface area contributed by atoms with Gasteiger partial charge in [0.25, 0.3) is 0 Å². The Bertz CT molecular complexity index is 345. The highest BCUT2D eigenvalue weighted by atomic mass is 16.5. The predicted molar refractivity (Wildman–Crippen MR) is 71.7 cm³/mol. The summed E-state index contributed by atoms with van der Waals surface area (Å²) in [6.07, 6.45) is 3.68. The standard InChI is InChI=1S/C15H23NO/c1-3-12(2)14-8-4-5-9-15(14)17-11-13-7-6-10-16-13/h4-5,8-9,12-13,16H,3,6-7,10-11H2,1-2H3/t12?,13-/m0/s1. The molecule has 1 heterocycles. The lowest BCUT2D eigenvalue weighted by Gasteiger charge is -2.17. The van der Waals surface area contributed by atoms with Crippen molar-refractivity contribution < 1.29 is 4.74 Å². The van der Waals surface area contributed by atoms with Crippen LogP contribution >= 0.6 is 0 Å². The molecule has 1 unspecified atom stereocenters. The molecule has 1 saturated heterocycles. The number of hydrogen-bond donors (Lipinski definition) is 1. The SMILES string of the molecule is CCC(C)c1ccccc1OC[C@@H]1CCCN1. The van der Waals surface area contributed by atoms with E-state index < -0.39 is 0 Å². The van der Waals surface area contributed by atoms with E-state index in [1.54, 1.807) is 0 Å². The van der Waals surface area contributed by atoms with E-state index in [0.29, 0.717) is 12.0 Å². The summed E-state index contributed by atoms with van der Waals surface area (Å²) in [4.78, 5) is 0. The first-order valence-corrected chi connectivity index (χ1v) is 6.76. The largest absolute Gasteiger partial charge is 0.492 e. The summed E-state index contributed by atoms with van der Waals surface area (Å²) in [7, 11) is 0. The summed E-state index contributed by atoms with van der Waals surface area (Å²) < 4.78 is 5.98. The Hall–Kier alpha value is -1.02. The van der Waals surface area contributed by atoms with Crippen LogP contribution < -0.4 is 10.1 Å². The quantitative estimate of drug-likeness (QED) is 0.842. The van der Waals surface area contributed by atoms with E-state index in [2.05, 4.69) is 43.4 Å². The molecule has 17 heavy (non-hydrogen) atoms. The van der Waals surface area contributed by atoms with Gasteiger partial charge >= 0.3 is 0 Å². The zero-order valence-electron chi connectivity index (χ0n) is 10.9. The van der Waals surface area contributed by atoms with Crippen molar-refractivity contribution in [1.82, 2.24) is 5.32 Å². The van der Waals surface area contributed by atoms with E-state index in [0.717, 1.165) is 25.3 Å². The van der Waals surface area contributed by atoms with Crippen molar-refractivity contribution in [3.8, 4) is 5.75 Å². The molecule has 0 radical (unpaired) electrons. The van der Waals surface area contributed by atoms with Crippen LogP contribution in [0.5, 0.6) is 5.75 Å². The van der Waals surface area contributed by atoms with E-state index >= 15 is 0 Å². The van der Waals surface area contributed by atoms with Crippen LogP contribution in [0.25, 0.3) is 0 Å². The summed E-state index contributed by atoms with van der Waals surface area (Å²) >= 11 is 0. The molecule has 2 rings (SSSR count). The normalized spacial score (nSPS) is 21.4. The fourth-order valence-corrected chi connectivity index (χ4v) is 2.33. The van der Waals surface area contributed by atoms with Gasteiger partial charge in [-0.1, -0.05) is 32.0 Å². The molecule has 2 atom stereocenters. The number of para-hydroxylation sites is 1. The van der Waals surface area contributed by atoms with E-state index in [1.165, 1.54) is 18.4 Å². The van der Waals surface area contributed by atoms with Crippen LogP contribution in [0, 0.1) is 0 Å². The van der Waals surface area contributed by atoms with Gasteiger partial charge in [-0.15, -0.1) is 0 Å². The van der Waals surface area contributed by atoms with Crippen LogP contribution in [0.2, 0.25) is 0 Å². The topological polar surface area (TPSA) is 21.3 Å². The minimum absolute atomic E-state index is 0.542. The van der Waals surface area contributed by atoms with Crippen LogP contribution in [0.3, 0.4) is 0 Å². The zero-order chi connectivity index (χ0) is 12.1. The van der Waals surface area contributed by atoms with Gasteiger partial charge in [0.2, 0.25) is 0 Å². The Kier molecular flexibility index (Phi) is 4.43. The number of nitrogens with one attached hydrogen (secondary N) is 1. The molecule has 1 aromatic carbocycles. The maximum Gasteiger partial charge on any atom is 0.122 e. The fraction of sp³-hybridized carbons (Fsp3) is 0.600. The highest BCUT2D eigenvalue weighted by Crippen LogP contribution is 2.28. The maximum absolute atomic E-state index is 5.98. The second-order valence-corrected chi connectivity index (χ2v) is 4.95. The lowest BCUT2D eigenvalue weighted by Crippen LogP contribution is -2.28. The molecule has 1 aliphatic rings. The Morgan fingerprint density at radius 3 is 2.94 bits per heavy atom. The Balaban J connectivity index is 1.98. The van der Waals surface area contributed by atoms with E-state index in [-0.39, 0.29) is 0 Å². The summed E-state index contributed by atoms with van der Waals surface area (Å²) in [5.41, 5.74) is 1.34. The van der Waals surface area contributed by atoms with E-state index in [4.69, 9.17) is 4.74 Å². The first kappa shape index (κ1) is 12.4. The Labute approximate surface area is 104 Å². The molecule has 0 bridgehead atoms. The molecule has 0 spiro atoms. The Morgan fingerprint density at radius 1 is 1.41 bits per heavy atom. The van der Waals surface area contributed by atoms with Crippen LogP contribution in [0.4, 0.5) is 0 Å². The number of hydrogen-bond acceptors (Lipinski definition) is 2. The summed E-state index contributed by atoms with van der Waals surface area (Å²) in [6.45, 7) is 6.42. The second-order valence-electron chi connectivity index (χ2n) is 4.95. The lowest BCUT2D eigenvalue weighted by molar-refractivity contribution is 0.273. The summed E-state index contributed by atoms with van der Waals surface area (Å²) in [5, 5.41) is 3.46. The average molecular weight is 233 g/mol. The summed E-state index contributed by atoms with van der Waals surface area (Å²) in [5.74, 6) is 1.64. The van der Waals surface area contributed by atoms with Crippen molar-refractivity contribution in [3.63, 3.8) is 0 Å². The van der Waals surface area contributed by atoms with Crippen molar-refractivity contribution in [1.29, 1.82) is 0 Å². The minimum Gasteiger partial charge on any atom is -0.492 e. The van der Waals surface area contributed by atoms with E-state index in [9.17, 15) is 0 Å². The number of benzene rings is 1. The van der Waals surface area contributed by atoms with Gasteiger partial charge < -0.3 is 10.1 Å². The first-order valence-electron chi connectivity index (χ1n) is 6.76. The molecule has 2 nitrogen and oxygen atoms in total. The molecule has 1 fully saturated rings. The van der Waals surface area contributed by atoms with Crippen LogP contribution in [-0.2, 0) is 0 Å².